The van der Waals surface area contributed by atoms with Crippen LogP contribution >= 0.6 is 0 Å². The Kier molecular flexibility index (Phi) is 14.7. The molecule has 9 rings (SSSR count). The summed E-state index contributed by atoms with van der Waals surface area (Å²) in [6.45, 7) is 6.82. The van der Waals surface area contributed by atoms with E-state index in [0.717, 1.165) is 72.5 Å². The highest BCUT2D eigenvalue weighted by molar-refractivity contribution is 5.93. The standard InChI is InChI=1S/C53H63N11O5/c1-59-27-31-61(32-28-59)52(68)57-46(41-11-5-3-6-12-41)50(66)63-25-9-15-44(63)48-54-36-43(56-48)40-23-21-39(22-24-40)38-19-17-37(18-20-38)35-55-49(65)45-16-10-26-64(45)51(67)47(42-13-7-4-8-14-42)58-53(69)62-33-29-60(2)30-34-62/h3-8,11-14,17-24,36,44-47H,9-10,15-16,25-35H2,1-2H3,(H,54,56)(H,55,65)(H,57,68)(H,58,69). The molecule has 4 unspecified atom stereocenters. The second-order valence-electron chi connectivity index (χ2n) is 18.7. The lowest BCUT2D eigenvalue weighted by Crippen LogP contribution is -2.54. The number of carbonyl (C=O) groups excluding carboxylic acids is 5. The number of nitrogens with zero attached hydrogens (tertiary/aromatic N) is 7. The van der Waals surface area contributed by atoms with Crippen LogP contribution in [0.25, 0.3) is 22.4 Å². The topological polar surface area (TPSA) is 170 Å². The molecule has 4 aromatic carbocycles. The van der Waals surface area contributed by atoms with E-state index >= 15 is 0 Å². The van der Waals surface area contributed by atoms with Crippen molar-refractivity contribution in [2.75, 3.05) is 79.5 Å². The molecule has 5 heterocycles. The van der Waals surface area contributed by atoms with Crippen LogP contribution in [0.3, 0.4) is 0 Å². The largest absolute Gasteiger partial charge is 0.350 e. The van der Waals surface area contributed by atoms with E-state index in [-0.39, 0.29) is 35.8 Å². The lowest BCUT2D eigenvalue weighted by atomic mass is 10.0. The Balaban J connectivity index is 0.801. The number of H-pyrrole nitrogens is 1. The van der Waals surface area contributed by atoms with Gasteiger partial charge in [0.15, 0.2) is 0 Å². The lowest BCUT2D eigenvalue weighted by molar-refractivity contribution is -0.140. The van der Waals surface area contributed by atoms with Crippen molar-refractivity contribution in [1.82, 2.24) is 55.3 Å². The Labute approximate surface area is 404 Å². The highest BCUT2D eigenvalue weighted by Crippen LogP contribution is 2.35. The highest BCUT2D eigenvalue weighted by atomic mass is 16.2. The molecule has 16 heteroatoms. The van der Waals surface area contributed by atoms with Crippen LogP contribution in [-0.2, 0) is 20.9 Å². The Morgan fingerprint density at radius 3 is 1.61 bits per heavy atom. The van der Waals surface area contributed by atoms with Gasteiger partial charge in [-0.15, -0.1) is 0 Å². The number of piperazine rings is 2. The fraction of sp³-hybridized carbons (Fsp3) is 0.396. The van der Waals surface area contributed by atoms with Crippen molar-refractivity contribution in [3.63, 3.8) is 0 Å². The quantitative estimate of drug-likeness (QED) is 0.129. The molecule has 5 aromatic rings. The number of likely N-dealkylation sites (tertiary alicyclic amines) is 2. The second kappa shape index (κ2) is 21.5. The third-order valence-electron chi connectivity index (χ3n) is 14.1. The average Bonchev–Trinajstić information content (AvgIpc) is 4.20. The Morgan fingerprint density at radius 2 is 1.06 bits per heavy atom. The molecule has 4 aliphatic heterocycles. The molecule has 0 aliphatic carbocycles. The number of likely N-dealkylation sites (N-methyl/N-ethyl adjacent to an activating group) is 2. The molecule has 69 heavy (non-hydrogen) atoms. The van der Waals surface area contributed by atoms with Crippen LogP contribution in [-0.4, -0.2) is 155 Å². The highest BCUT2D eigenvalue weighted by Gasteiger charge is 2.40. The van der Waals surface area contributed by atoms with Crippen molar-refractivity contribution < 1.29 is 24.0 Å². The Bertz CT molecular complexity index is 2560. The summed E-state index contributed by atoms with van der Waals surface area (Å²) in [6.07, 6.45) is 4.65. The van der Waals surface area contributed by atoms with Gasteiger partial charge < -0.3 is 50.3 Å². The summed E-state index contributed by atoms with van der Waals surface area (Å²) < 4.78 is 0. The van der Waals surface area contributed by atoms with Gasteiger partial charge in [-0.25, -0.2) is 14.6 Å². The van der Waals surface area contributed by atoms with Gasteiger partial charge in [-0.05, 0) is 73.2 Å². The van der Waals surface area contributed by atoms with E-state index in [4.69, 9.17) is 4.98 Å². The molecule has 4 fully saturated rings. The van der Waals surface area contributed by atoms with Crippen molar-refractivity contribution >= 4 is 29.8 Å². The third-order valence-corrected chi connectivity index (χ3v) is 14.1. The Hall–Kier alpha value is -7.04. The fourth-order valence-corrected chi connectivity index (χ4v) is 9.88. The molecule has 16 nitrogen and oxygen atoms in total. The molecule has 0 radical (unpaired) electrons. The fourth-order valence-electron chi connectivity index (χ4n) is 9.88. The average molecular weight is 934 g/mol. The summed E-state index contributed by atoms with van der Waals surface area (Å²) in [6, 6.07) is 31.9. The van der Waals surface area contributed by atoms with E-state index in [1.807, 2.05) is 122 Å². The zero-order valence-corrected chi connectivity index (χ0v) is 39.6. The van der Waals surface area contributed by atoms with Gasteiger partial charge >= 0.3 is 12.1 Å². The van der Waals surface area contributed by atoms with Crippen LogP contribution in [0, 0.1) is 0 Å². The van der Waals surface area contributed by atoms with E-state index < -0.39 is 18.1 Å². The number of carbonyl (C=O) groups is 5. The molecular weight excluding hydrogens is 871 g/mol. The molecule has 4 saturated heterocycles. The summed E-state index contributed by atoms with van der Waals surface area (Å²) in [7, 11) is 4.07. The first-order chi connectivity index (χ1) is 33.6. The molecule has 360 valence electrons. The first-order valence-corrected chi connectivity index (χ1v) is 24.3. The number of benzene rings is 4. The van der Waals surface area contributed by atoms with Crippen LogP contribution in [0.5, 0.6) is 0 Å². The van der Waals surface area contributed by atoms with Gasteiger partial charge in [0.25, 0.3) is 5.91 Å². The van der Waals surface area contributed by atoms with Crippen molar-refractivity contribution in [2.24, 2.45) is 0 Å². The van der Waals surface area contributed by atoms with Crippen LogP contribution in [0.2, 0.25) is 0 Å². The molecule has 7 amide bonds. The first kappa shape index (κ1) is 47.0. The van der Waals surface area contributed by atoms with Gasteiger partial charge in [-0.2, -0.15) is 0 Å². The predicted molar refractivity (Wildman–Crippen MR) is 263 cm³/mol. The molecular formula is C53H63N11O5. The number of aromatic amines is 1. The van der Waals surface area contributed by atoms with Gasteiger partial charge in [0, 0.05) is 72.0 Å². The number of urea groups is 2. The molecule has 4 atom stereocenters. The van der Waals surface area contributed by atoms with Crippen molar-refractivity contribution in [2.45, 2.75) is 56.4 Å². The van der Waals surface area contributed by atoms with Gasteiger partial charge in [0.2, 0.25) is 11.8 Å². The zero-order valence-electron chi connectivity index (χ0n) is 39.6. The number of imidazole rings is 1. The van der Waals surface area contributed by atoms with E-state index in [9.17, 15) is 24.0 Å². The molecule has 1 aromatic heterocycles. The monoisotopic (exact) mass is 934 g/mol. The number of aromatic nitrogens is 2. The van der Waals surface area contributed by atoms with Gasteiger partial charge in [-0.3, -0.25) is 14.4 Å². The maximum atomic E-state index is 14.4. The minimum absolute atomic E-state index is 0.147. The first-order valence-electron chi connectivity index (χ1n) is 24.3. The van der Waals surface area contributed by atoms with Crippen LogP contribution in [0.4, 0.5) is 9.59 Å². The molecule has 0 saturated carbocycles. The van der Waals surface area contributed by atoms with E-state index in [0.29, 0.717) is 70.0 Å². The summed E-state index contributed by atoms with van der Waals surface area (Å²) in [5.41, 5.74) is 6.21. The van der Waals surface area contributed by atoms with E-state index in [1.165, 1.54) is 0 Å². The van der Waals surface area contributed by atoms with Crippen molar-refractivity contribution in [3.05, 3.63) is 138 Å². The SMILES string of the molecule is CN1CCN(C(=O)NC(C(=O)N2CCCC2C(=O)NCc2ccc(-c3ccc(-c4cnc(C5CCCN5C(=O)C(NC(=O)N5CCN(C)CC5)c5ccccc5)[nH]4)cc3)cc2)c2ccccc2)CC1. The number of amides is 7. The van der Waals surface area contributed by atoms with Crippen molar-refractivity contribution in [1.29, 1.82) is 0 Å². The molecule has 0 spiro atoms. The predicted octanol–water partition coefficient (Wildman–Crippen LogP) is 5.41. The van der Waals surface area contributed by atoms with Crippen molar-refractivity contribution in [3.8, 4) is 22.4 Å². The van der Waals surface area contributed by atoms with Gasteiger partial charge in [0.05, 0.1) is 17.9 Å². The Morgan fingerprint density at radius 1 is 0.580 bits per heavy atom. The number of hydrogen-bond acceptors (Lipinski definition) is 8. The second-order valence-corrected chi connectivity index (χ2v) is 18.7. The third kappa shape index (κ3) is 11.0. The van der Waals surface area contributed by atoms with Crippen LogP contribution in [0.15, 0.2) is 115 Å². The maximum absolute atomic E-state index is 14.4. The number of rotatable bonds is 12. The minimum Gasteiger partial charge on any atom is -0.350 e. The van der Waals surface area contributed by atoms with Gasteiger partial charge in [-0.1, -0.05) is 109 Å². The number of hydrogen-bond donors (Lipinski definition) is 4. The molecule has 0 bridgehead atoms. The summed E-state index contributed by atoms with van der Waals surface area (Å²) in [5, 5.41) is 9.13. The van der Waals surface area contributed by atoms with Crippen LogP contribution in [0.1, 0.15) is 66.3 Å². The summed E-state index contributed by atoms with van der Waals surface area (Å²) >= 11 is 0. The minimum atomic E-state index is -0.904. The maximum Gasteiger partial charge on any atom is 0.318 e. The molecule has 4 aliphatic rings. The summed E-state index contributed by atoms with van der Waals surface area (Å²) in [5.74, 6) is 0.0721. The van der Waals surface area contributed by atoms with E-state index in [2.05, 4.69) is 42.9 Å². The van der Waals surface area contributed by atoms with E-state index in [1.54, 1.807) is 14.7 Å². The van der Waals surface area contributed by atoms with Crippen LogP contribution < -0.4 is 16.0 Å². The smallest absolute Gasteiger partial charge is 0.318 e. The molecule has 4 N–H and O–H groups in total. The zero-order chi connectivity index (χ0) is 47.9. The summed E-state index contributed by atoms with van der Waals surface area (Å²) in [4.78, 5) is 88.7. The lowest BCUT2D eigenvalue weighted by Gasteiger charge is -2.34. The van der Waals surface area contributed by atoms with Gasteiger partial charge in [0.1, 0.15) is 23.9 Å². The number of nitrogens with one attached hydrogen (secondary N) is 4. The normalized spacial score (nSPS) is 19.8.